The fraction of sp³-hybridized carbons (Fsp3) is 0.889. The highest BCUT2D eigenvalue weighted by Crippen LogP contribution is 2.16. The number of amidine groups is 1. The van der Waals surface area contributed by atoms with Crippen molar-refractivity contribution in [1.82, 2.24) is 8.61 Å². The quantitative estimate of drug-likeness (QED) is 0.300. The summed E-state index contributed by atoms with van der Waals surface area (Å²) in [5, 5.41) is 11.3. The van der Waals surface area contributed by atoms with Gasteiger partial charge in [0.15, 0.2) is 0 Å². The van der Waals surface area contributed by atoms with Crippen LogP contribution in [0.15, 0.2) is 5.16 Å². The molecule has 1 fully saturated rings. The highest BCUT2D eigenvalue weighted by atomic mass is 32.2. The Labute approximate surface area is 102 Å². The minimum absolute atomic E-state index is 0.0417. The average Bonchev–Trinajstić information content (AvgIpc) is 2.83. The van der Waals surface area contributed by atoms with Gasteiger partial charge in [0, 0.05) is 32.6 Å². The van der Waals surface area contributed by atoms with Gasteiger partial charge in [-0.05, 0) is 12.8 Å². The fourth-order valence-corrected chi connectivity index (χ4v) is 3.50. The molecule has 8 heteroatoms. The van der Waals surface area contributed by atoms with Gasteiger partial charge in [0.1, 0.15) is 5.84 Å². The molecule has 0 amide bonds. The smallest absolute Gasteiger partial charge is 0.281 e. The molecule has 1 rings (SSSR count). The number of rotatable bonds is 6. The summed E-state index contributed by atoms with van der Waals surface area (Å²) in [6, 6.07) is 0. The predicted octanol–water partition coefficient (Wildman–Crippen LogP) is -0.215. The predicted molar refractivity (Wildman–Crippen MR) is 65.0 cm³/mol. The summed E-state index contributed by atoms with van der Waals surface area (Å²) < 4.78 is 27.2. The summed E-state index contributed by atoms with van der Waals surface area (Å²) in [5.41, 5.74) is 5.34. The molecule has 0 saturated carbocycles. The Morgan fingerprint density at radius 3 is 2.53 bits per heavy atom. The van der Waals surface area contributed by atoms with E-state index < -0.39 is 10.2 Å². The Balaban J connectivity index is 2.65. The Kier molecular flexibility index (Phi) is 5.16. The van der Waals surface area contributed by atoms with Crippen LogP contribution in [-0.4, -0.2) is 54.3 Å². The lowest BCUT2D eigenvalue weighted by molar-refractivity contribution is 0.315. The molecule has 3 N–H and O–H groups in total. The standard InChI is InChI=1S/C9H20N4O3S/c1-2-12(8-5-9(10)11-14)17(15,16)13-6-3-4-7-13/h14H,2-8H2,1H3,(H2,10,11). The Morgan fingerprint density at radius 1 is 1.47 bits per heavy atom. The zero-order valence-electron chi connectivity index (χ0n) is 10.0. The van der Waals surface area contributed by atoms with E-state index in [1.165, 1.54) is 8.61 Å². The summed E-state index contributed by atoms with van der Waals surface area (Å²) in [6.07, 6.45) is 2.06. The third-order valence-electron chi connectivity index (χ3n) is 2.82. The second-order valence-corrected chi connectivity index (χ2v) is 5.88. The van der Waals surface area contributed by atoms with Crippen molar-refractivity contribution in [3.8, 4) is 0 Å². The summed E-state index contributed by atoms with van der Waals surface area (Å²) in [5.74, 6) is 0.0417. The molecule has 1 aliphatic rings. The molecule has 0 atom stereocenters. The van der Waals surface area contributed by atoms with Crippen LogP contribution < -0.4 is 5.73 Å². The molecule has 0 bridgehead atoms. The zero-order valence-corrected chi connectivity index (χ0v) is 10.9. The van der Waals surface area contributed by atoms with E-state index >= 15 is 0 Å². The maximum absolute atomic E-state index is 12.2. The summed E-state index contributed by atoms with van der Waals surface area (Å²) >= 11 is 0. The molecule has 0 aromatic rings. The molecule has 0 radical (unpaired) electrons. The van der Waals surface area contributed by atoms with Gasteiger partial charge in [-0.2, -0.15) is 17.0 Å². The molecule has 1 aliphatic heterocycles. The summed E-state index contributed by atoms with van der Waals surface area (Å²) in [4.78, 5) is 0. The average molecular weight is 264 g/mol. The molecule has 100 valence electrons. The van der Waals surface area contributed by atoms with E-state index in [0.717, 1.165) is 12.8 Å². The van der Waals surface area contributed by atoms with Gasteiger partial charge in [-0.15, -0.1) is 0 Å². The summed E-state index contributed by atoms with van der Waals surface area (Å²) in [6.45, 7) is 3.58. The third-order valence-corrected chi connectivity index (χ3v) is 4.93. The van der Waals surface area contributed by atoms with Crippen LogP contribution in [0.2, 0.25) is 0 Å². The van der Waals surface area contributed by atoms with Crippen LogP contribution in [0.5, 0.6) is 0 Å². The molecule has 0 aromatic heterocycles. The van der Waals surface area contributed by atoms with E-state index in [4.69, 9.17) is 10.9 Å². The Hall–Kier alpha value is -0.860. The van der Waals surface area contributed by atoms with Crippen molar-refractivity contribution >= 4 is 16.0 Å². The van der Waals surface area contributed by atoms with E-state index in [-0.39, 0.29) is 18.8 Å². The monoisotopic (exact) mass is 264 g/mol. The molecule has 17 heavy (non-hydrogen) atoms. The van der Waals surface area contributed by atoms with Gasteiger partial charge >= 0.3 is 0 Å². The second kappa shape index (κ2) is 6.18. The van der Waals surface area contributed by atoms with Crippen LogP contribution in [-0.2, 0) is 10.2 Å². The molecule has 0 aliphatic carbocycles. The number of hydrogen-bond donors (Lipinski definition) is 2. The van der Waals surface area contributed by atoms with Crippen molar-refractivity contribution in [2.75, 3.05) is 26.2 Å². The molecular formula is C9H20N4O3S. The molecule has 7 nitrogen and oxygen atoms in total. The minimum Gasteiger partial charge on any atom is -0.409 e. The first-order valence-corrected chi connectivity index (χ1v) is 7.13. The van der Waals surface area contributed by atoms with E-state index in [2.05, 4.69) is 5.16 Å². The van der Waals surface area contributed by atoms with Crippen molar-refractivity contribution < 1.29 is 13.6 Å². The third kappa shape index (κ3) is 3.55. The maximum Gasteiger partial charge on any atom is 0.281 e. The molecule has 0 unspecified atom stereocenters. The number of hydrogen-bond acceptors (Lipinski definition) is 4. The first-order valence-electron chi connectivity index (χ1n) is 5.74. The first kappa shape index (κ1) is 14.2. The zero-order chi connectivity index (χ0) is 12.9. The lowest BCUT2D eigenvalue weighted by Crippen LogP contribution is -2.43. The van der Waals surface area contributed by atoms with Crippen molar-refractivity contribution in [2.45, 2.75) is 26.2 Å². The van der Waals surface area contributed by atoms with Crippen LogP contribution in [0.4, 0.5) is 0 Å². The van der Waals surface area contributed by atoms with Crippen molar-refractivity contribution in [3.63, 3.8) is 0 Å². The normalized spacial score (nSPS) is 19.1. The Morgan fingerprint density at radius 2 is 2.06 bits per heavy atom. The molecule has 0 aromatic carbocycles. The van der Waals surface area contributed by atoms with Gasteiger partial charge in [0.25, 0.3) is 10.2 Å². The van der Waals surface area contributed by atoms with Crippen molar-refractivity contribution in [2.24, 2.45) is 10.9 Å². The van der Waals surface area contributed by atoms with E-state index in [1.54, 1.807) is 6.92 Å². The van der Waals surface area contributed by atoms with Gasteiger partial charge in [0.2, 0.25) is 0 Å². The minimum atomic E-state index is -3.38. The highest BCUT2D eigenvalue weighted by molar-refractivity contribution is 7.86. The van der Waals surface area contributed by atoms with E-state index in [1.807, 2.05) is 0 Å². The molecule has 0 spiro atoms. The molecule has 1 heterocycles. The van der Waals surface area contributed by atoms with Gasteiger partial charge in [-0.1, -0.05) is 12.1 Å². The SMILES string of the molecule is CCN(CCC(N)=NO)S(=O)(=O)N1CCCC1. The largest absolute Gasteiger partial charge is 0.409 e. The van der Waals surface area contributed by atoms with E-state index in [9.17, 15) is 8.42 Å². The lowest BCUT2D eigenvalue weighted by Gasteiger charge is -2.25. The van der Waals surface area contributed by atoms with Gasteiger partial charge in [-0.25, -0.2) is 0 Å². The molecular weight excluding hydrogens is 244 g/mol. The van der Waals surface area contributed by atoms with Crippen LogP contribution in [0.1, 0.15) is 26.2 Å². The topological polar surface area (TPSA) is 99.2 Å². The first-order chi connectivity index (χ1) is 8.02. The van der Waals surface area contributed by atoms with Crippen LogP contribution in [0.3, 0.4) is 0 Å². The van der Waals surface area contributed by atoms with Gasteiger partial charge < -0.3 is 10.9 Å². The van der Waals surface area contributed by atoms with Crippen molar-refractivity contribution in [3.05, 3.63) is 0 Å². The fourth-order valence-electron chi connectivity index (χ4n) is 1.81. The van der Waals surface area contributed by atoms with Gasteiger partial charge in [-0.3, -0.25) is 0 Å². The highest BCUT2D eigenvalue weighted by Gasteiger charge is 2.30. The van der Waals surface area contributed by atoms with Crippen molar-refractivity contribution in [1.29, 1.82) is 0 Å². The number of nitrogens with zero attached hydrogens (tertiary/aromatic N) is 3. The van der Waals surface area contributed by atoms with Crippen LogP contribution >= 0.6 is 0 Å². The number of oxime groups is 1. The van der Waals surface area contributed by atoms with Crippen LogP contribution in [0.25, 0.3) is 0 Å². The van der Waals surface area contributed by atoms with Crippen LogP contribution in [0, 0.1) is 0 Å². The Bertz CT molecular complexity index is 362. The maximum atomic E-state index is 12.2. The second-order valence-electron chi connectivity index (χ2n) is 3.95. The van der Waals surface area contributed by atoms with E-state index in [0.29, 0.717) is 19.6 Å². The number of nitrogens with two attached hydrogens (primary N) is 1. The molecule has 1 saturated heterocycles. The summed E-state index contributed by atoms with van der Waals surface area (Å²) in [7, 11) is -3.38. The van der Waals surface area contributed by atoms with Gasteiger partial charge in [0.05, 0.1) is 0 Å². The lowest BCUT2D eigenvalue weighted by atomic mass is 10.4.